The highest BCUT2D eigenvalue weighted by Gasteiger charge is 2.16. The molecule has 0 fully saturated rings. The second-order valence-electron chi connectivity index (χ2n) is 5.88. The summed E-state index contributed by atoms with van der Waals surface area (Å²) in [4.78, 5) is 33.4. The van der Waals surface area contributed by atoms with Crippen molar-refractivity contribution in [3.8, 4) is 0 Å². The molecule has 1 aromatic carbocycles. The Hall–Kier alpha value is -2.68. The molecule has 0 saturated heterocycles. The number of rotatable bonds is 8. The highest BCUT2D eigenvalue weighted by atomic mass is 32.2. The molecular weight excluding hydrogens is 368 g/mol. The van der Waals surface area contributed by atoms with Gasteiger partial charge in [-0.05, 0) is 18.6 Å². The van der Waals surface area contributed by atoms with Crippen molar-refractivity contribution < 1.29 is 14.1 Å². The third-order valence-corrected chi connectivity index (χ3v) is 4.89. The van der Waals surface area contributed by atoms with Gasteiger partial charge in [0, 0.05) is 6.42 Å². The van der Waals surface area contributed by atoms with E-state index in [-0.39, 0.29) is 12.1 Å². The van der Waals surface area contributed by atoms with Crippen LogP contribution in [0.25, 0.3) is 10.9 Å². The van der Waals surface area contributed by atoms with Crippen molar-refractivity contribution in [2.75, 3.05) is 7.11 Å². The normalized spacial score (nSPS) is 11.0. The van der Waals surface area contributed by atoms with E-state index in [2.05, 4.69) is 22.0 Å². The number of benzene rings is 1. The van der Waals surface area contributed by atoms with E-state index in [0.717, 1.165) is 19.3 Å². The van der Waals surface area contributed by atoms with Gasteiger partial charge in [0.15, 0.2) is 11.0 Å². The van der Waals surface area contributed by atoms with E-state index in [1.807, 2.05) is 6.07 Å². The van der Waals surface area contributed by atoms with Crippen LogP contribution in [-0.4, -0.2) is 32.8 Å². The molecule has 0 bridgehead atoms. The fraction of sp³-hybridized carbons (Fsp3) is 0.389. The number of carbonyl (C=O) groups is 1. The smallest absolute Gasteiger partial charge is 0.325 e. The van der Waals surface area contributed by atoms with Gasteiger partial charge in [0.05, 0.1) is 23.8 Å². The van der Waals surface area contributed by atoms with Crippen LogP contribution in [0.5, 0.6) is 0 Å². The molecular formula is C18H20N4O4S. The molecule has 0 amide bonds. The average Bonchev–Trinajstić information content (AvgIpc) is 3.14. The van der Waals surface area contributed by atoms with Crippen LogP contribution in [0, 0.1) is 0 Å². The second-order valence-corrected chi connectivity index (χ2v) is 6.82. The molecule has 0 saturated carbocycles. The van der Waals surface area contributed by atoms with Crippen molar-refractivity contribution in [3.05, 3.63) is 46.3 Å². The lowest BCUT2D eigenvalue weighted by Gasteiger charge is -2.11. The lowest BCUT2D eigenvalue weighted by atomic mass is 10.2. The number of aryl methyl sites for hydroxylation is 1. The van der Waals surface area contributed by atoms with Crippen LogP contribution in [0.2, 0.25) is 0 Å². The molecule has 142 valence electrons. The fourth-order valence-electron chi connectivity index (χ4n) is 2.50. The maximum Gasteiger partial charge on any atom is 0.325 e. The summed E-state index contributed by atoms with van der Waals surface area (Å²) in [6.07, 6.45) is 2.82. The molecule has 3 rings (SSSR count). The van der Waals surface area contributed by atoms with Gasteiger partial charge in [0.1, 0.15) is 6.54 Å². The predicted molar refractivity (Wildman–Crippen MR) is 100 cm³/mol. The molecule has 0 aliphatic carbocycles. The summed E-state index contributed by atoms with van der Waals surface area (Å²) in [5.41, 5.74) is 0.281. The molecule has 0 aliphatic heterocycles. The second kappa shape index (κ2) is 8.81. The Kier molecular flexibility index (Phi) is 6.23. The Morgan fingerprint density at radius 1 is 1.30 bits per heavy atom. The van der Waals surface area contributed by atoms with Gasteiger partial charge in [-0.25, -0.2) is 4.98 Å². The number of hydrogen-bond donors (Lipinski definition) is 0. The lowest BCUT2D eigenvalue weighted by molar-refractivity contribution is -0.141. The number of aromatic nitrogens is 4. The summed E-state index contributed by atoms with van der Waals surface area (Å²) < 4.78 is 11.3. The van der Waals surface area contributed by atoms with Crippen molar-refractivity contribution in [1.82, 2.24) is 19.7 Å². The van der Waals surface area contributed by atoms with E-state index in [1.54, 1.807) is 18.2 Å². The zero-order valence-electron chi connectivity index (χ0n) is 15.2. The lowest BCUT2D eigenvalue weighted by Crippen LogP contribution is -2.27. The van der Waals surface area contributed by atoms with Gasteiger partial charge in [-0.3, -0.25) is 14.2 Å². The number of esters is 1. The molecule has 8 nitrogen and oxygen atoms in total. The minimum absolute atomic E-state index is 0.207. The predicted octanol–water partition coefficient (Wildman–Crippen LogP) is 2.59. The fourth-order valence-corrected chi connectivity index (χ4v) is 3.34. The van der Waals surface area contributed by atoms with E-state index >= 15 is 0 Å². The number of ether oxygens (including phenoxy) is 1. The van der Waals surface area contributed by atoms with Crippen molar-refractivity contribution in [1.29, 1.82) is 0 Å². The average molecular weight is 388 g/mol. The zero-order chi connectivity index (χ0) is 19.2. The van der Waals surface area contributed by atoms with Gasteiger partial charge in [-0.1, -0.05) is 42.4 Å². The molecule has 27 heavy (non-hydrogen) atoms. The summed E-state index contributed by atoms with van der Waals surface area (Å²) in [6, 6.07) is 7.02. The summed E-state index contributed by atoms with van der Waals surface area (Å²) in [5.74, 6) is 0.963. The molecule has 9 heteroatoms. The van der Waals surface area contributed by atoms with Gasteiger partial charge < -0.3 is 9.26 Å². The quantitative estimate of drug-likeness (QED) is 0.330. The zero-order valence-corrected chi connectivity index (χ0v) is 16.0. The van der Waals surface area contributed by atoms with Crippen molar-refractivity contribution in [2.45, 2.75) is 43.6 Å². The standard InChI is InChI=1S/C18H20N4O4S/c1-3-4-9-14-20-15(26-21-14)11-27-18-19-13-8-6-5-7-12(13)17(24)22(18)10-16(23)25-2/h5-8H,3-4,9-11H2,1-2H3. The number of unbranched alkanes of at least 4 members (excludes halogenated alkanes) is 1. The van der Waals surface area contributed by atoms with E-state index < -0.39 is 5.97 Å². The van der Waals surface area contributed by atoms with E-state index in [9.17, 15) is 9.59 Å². The summed E-state index contributed by atoms with van der Waals surface area (Å²) in [6.45, 7) is 1.89. The Morgan fingerprint density at radius 3 is 2.89 bits per heavy atom. The Morgan fingerprint density at radius 2 is 2.11 bits per heavy atom. The molecule has 0 spiro atoms. The van der Waals surface area contributed by atoms with E-state index in [0.29, 0.717) is 33.5 Å². The number of nitrogens with zero attached hydrogens (tertiary/aromatic N) is 4. The molecule has 2 aromatic heterocycles. The monoisotopic (exact) mass is 388 g/mol. The number of hydrogen-bond acceptors (Lipinski definition) is 8. The van der Waals surface area contributed by atoms with Crippen LogP contribution < -0.4 is 5.56 Å². The maximum absolute atomic E-state index is 12.8. The van der Waals surface area contributed by atoms with Gasteiger partial charge in [-0.15, -0.1) is 0 Å². The third-order valence-electron chi connectivity index (χ3n) is 3.93. The van der Waals surface area contributed by atoms with Gasteiger partial charge in [-0.2, -0.15) is 4.98 Å². The van der Waals surface area contributed by atoms with Crippen LogP contribution in [0.1, 0.15) is 31.5 Å². The van der Waals surface area contributed by atoms with Crippen LogP contribution in [0.4, 0.5) is 0 Å². The van der Waals surface area contributed by atoms with Crippen LogP contribution in [0.3, 0.4) is 0 Å². The summed E-state index contributed by atoms with van der Waals surface area (Å²) >= 11 is 1.27. The van der Waals surface area contributed by atoms with Crippen molar-refractivity contribution in [3.63, 3.8) is 0 Å². The summed E-state index contributed by atoms with van der Waals surface area (Å²) in [7, 11) is 1.28. The first-order valence-electron chi connectivity index (χ1n) is 8.63. The molecule has 3 aromatic rings. The molecule has 0 N–H and O–H groups in total. The van der Waals surface area contributed by atoms with Crippen molar-refractivity contribution >= 4 is 28.6 Å². The highest BCUT2D eigenvalue weighted by Crippen LogP contribution is 2.21. The Bertz CT molecular complexity index is 998. The number of para-hydroxylation sites is 1. The van der Waals surface area contributed by atoms with Crippen molar-refractivity contribution in [2.24, 2.45) is 0 Å². The molecule has 0 aliphatic rings. The minimum Gasteiger partial charge on any atom is -0.468 e. The SMILES string of the molecule is CCCCc1noc(CSc2nc3ccccc3c(=O)n2CC(=O)OC)n1. The molecule has 2 heterocycles. The minimum atomic E-state index is -0.518. The number of methoxy groups -OCH3 is 1. The topological polar surface area (TPSA) is 100 Å². The molecule has 0 radical (unpaired) electrons. The number of thioether (sulfide) groups is 1. The van der Waals surface area contributed by atoms with Crippen LogP contribution >= 0.6 is 11.8 Å². The maximum atomic E-state index is 12.8. The van der Waals surface area contributed by atoms with Crippen LogP contribution in [-0.2, 0) is 28.2 Å². The first-order valence-corrected chi connectivity index (χ1v) is 9.61. The number of carbonyl (C=O) groups excluding carboxylic acids is 1. The summed E-state index contributed by atoms with van der Waals surface area (Å²) in [5, 5.41) is 4.80. The van der Waals surface area contributed by atoms with E-state index in [4.69, 9.17) is 9.26 Å². The van der Waals surface area contributed by atoms with E-state index in [1.165, 1.54) is 23.4 Å². The first kappa shape index (κ1) is 19.1. The van der Waals surface area contributed by atoms with Gasteiger partial charge in [0.2, 0.25) is 5.89 Å². The largest absolute Gasteiger partial charge is 0.468 e. The molecule has 0 unspecified atom stereocenters. The first-order chi connectivity index (χ1) is 13.1. The Labute approximate surface area is 159 Å². The molecule has 0 atom stereocenters. The number of fused-ring (bicyclic) bond motifs is 1. The Balaban J connectivity index is 1.87. The third kappa shape index (κ3) is 4.54. The van der Waals surface area contributed by atoms with Gasteiger partial charge in [0.25, 0.3) is 5.56 Å². The van der Waals surface area contributed by atoms with Gasteiger partial charge >= 0.3 is 5.97 Å². The van der Waals surface area contributed by atoms with Crippen LogP contribution in [0.15, 0.2) is 38.7 Å². The highest BCUT2D eigenvalue weighted by molar-refractivity contribution is 7.98.